The maximum Gasteiger partial charge on any atom is 0.240 e. The van der Waals surface area contributed by atoms with Gasteiger partial charge in [-0.05, 0) is 55.8 Å². The zero-order valence-corrected chi connectivity index (χ0v) is 16.9. The average Bonchev–Trinajstić information content (AvgIpc) is 2.73. The monoisotopic (exact) mass is 400 g/mol. The fraction of sp³-hybridized carbons (Fsp3) is 0.167. The first-order chi connectivity index (χ1) is 14.4. The smallest absolute Gasteiger partial charge is 0.240 e. The number of aryl methyl sites for hydroxylation is 1. The summed E-state index contributed by atoms with van der Waals surface area (Å²) in [6.45, 7) is 3.53. The highest BCUT2D eigenvalue weighted by atomic mass is 16.3. The Hall–Kier alpha value is -3.48. The summed E-state index contributed by atoms with van der Waals surface area (Å²) in [4.78, 5) is 16.8. The van der Waals surface area contributed by atoms with Crippen molar-refractivity contribution in [3.63, 3.8) is 0 Å². The minimum atomic E-state index is -0.629. The van der Waals surface area contributed by atoms with Crippen LogP contribution in [0, 0.1) is 6.92 Å². The second-order valence-electron chi connectivity index (χ2n) is 7.50. The fourth-order valence-corrected chi connectivity index (χ4v) is 3.47. The molecule has 0 saturated carbocycles. The number of anilines is 3. The molecule has 0 radical (unpaired) electrons. The zero-order chi connectivity index (χ0) is 21.3. The summed E-state index contributed by atoms with van der Waals surface area (Å²) in [5.41, 5.74) is 11.5. The van der Waals surface area contributed by atoms with Gasteiger partial charge in [0.25, 0.3) is 0 Å². The Balaban J connectivity index is 1.85. The van der Waals surface area contributed by atoms with Gasteiger partial charge in [-0.3, -0.25) is 4.79 Å². The second-order valence-corrected chi connectivity index (χ2v) is 7.50. The van der Waals surface area contributed by atoms with Gasteiger partial charge in [0.2, 0.25) is 5.91 Å². The van der Waals surface area contributed by atoms with Crippen molar-refractivity contribution in [2.24, 2.45) is 5.73 Å². The van der Waals surface area contributed by atoms with Crippen molar-refractivity contribution in [2.45, 2.75) is 26.5 Å². The predicted molar refractivity (Wildman–Crippen MR) is 122 cm³/mol. The Morgan fingerprint density at radius 3 is 2.53 bits per heavy atom. The number of aliphatic hydroxyl groups excluding tert-OH is 1. The first-order valence-corrected chi connectivity index (χ1v) is 9.82. The molecule has 30 heavy (non-hydrogen) atoms. The number of hydrogen-bond donors (Lipinski definition) is 4. The molecule has 1 atom stereocenters. The maximum absolute atomic E-state index is 12.0. The number of carbonyl (C=O) groups excluding carboxylic acids is 1. The normalized spacial score (nSPS) is 12.1. The van der Waals surface area contributed by atoms with Crippen LogP contribution in [0.3, 0.4) is 0 Å². The van der Waals surface area contributed by atoms with Crippen LogP contribution in [0.2, 0.25) is 0 Å². The number of pyridine rings is 1. The summed E-state index contributed by atoms with van der Waals surface area (Å²) >= 11 is 0. The van der Waals surface area contributed by atoms with Crippen LogP contribution in [0.25, 0.3) is 21.8 Å². The van der Waals surface area contributed by atoms with E-state index in [1.807, 2.05) is 55.5 Å². The van der Waals surface area contributed by atoms with E-state index in [9.17, 15) is 9.90 Å². The van der Waals surface area contributed by atoms with Crippen LogP contribution in [0.5, 0.6) is 0 Å². The standard InChI is InChI=1S/C24H24N4O2/c1-14-7-8-22-20(9-14)23(19-5-3-4-6-21(19)28-22)26-17-10-16(13-29)11-18(12-17)27-24(30)15(2)25/h3-12,15,29H,13,25H2,1-2H3,(H,26,28)(H,27,30)/t15-/m0/s1. The van der Waals surface area contributed by atoms with Crippen LogP contribution in [0.4, 0.5) is 17.1 Å². The van der Waals surface area contributed by atoms with Crippen LogP contribution in [0.15, 0.2) is 60.7 Å². The molecule has 0 unspecified atom stereocenters. The quantitative estimate of drug-likeness (QED) is 0.376. The molecule has 152 valence electrons. The van der Waals surface area contributed by atoms with E-state index >= 15 is 0 Å². The molecule has 6 heteroatoms. The minimum Gasteiger partial charge on any atom is -0.392 e. The van der Waals surface area contributed by atoms with Crippen molar-refractivity contribution < 1.29 is 9.90 Å². The molecule has 0 fully saturated rings. The number of benzene rings is 3. The van der Waals surface area contributed by atoms with Gasteiger partial charge in [0.15, 0.2) is 0 Å². The highest BCUT2D eigenvalue weighted by molar-refractivity contribution is 6.09. The lowest BCUT2D eigenvalue weighted by molar-refractivity contribution is -0.117. The number of hydrogen-bond acceptors (Lipinski definition) is 5. The number of aliphatic hydroxyl groups is 1. The van der Waals surface area contributed by atoms with Crippen LogP contribution in [-0.2, 0) is 11.4 Å². The summed E-state index contributed by atoms with van der Waals surface area (Å²) < 4.78 is 0. The Labute approximate surface area is 174 Å². The van der Waals surface area contributed by atoms with Crippen LogP contribution in [0.1, 0.15) is 18.1 Å². The molecule has 4 aromatic rings. The Morgan fingerprint density at radius 1 is 1.03 bits per heavy atom. The number of carbonyl (C=O) groups is 1. The number of nitrogens with zero attached hydrogens (tertiary/aromatic N) is 1. The van der Waals surface area contributed by atoms with Gasteiger partial charge in [-0.25, -0.2) is 4.98 Å². The predicted octanol–water partition coefficient (Wildman–Crippen LogP) is 4.22. The molecule has 0 saturated heterocycles. The van der Waals surface area contributed by atoms with Crippen molar-refractivity contribution in [1.82, 2.24) is 4.98 Å². The lowest BCUT2D eigenvalue weighted by Crippen LogP contribution is -2.32. The zero-order valence-electron chi connectivity index (χ0n) is 16.9. The van der Waals surface area contributed by atoms with Gasteiger partial charge >= 0.3 is 0 Å². The van der Waals surface area contributed by atoms with Crippen molar-refractivity contribution >= 4 is 44.8 Å². The van der Waals surface area contributed by atoms with E-state index in [-0.39, 0.29) is 12.5 Å². The molecular formula is C24H24N4O2. The van der Waals surface area contributed by atoms with Gasteiger partial charge in [0.1, 0.15) is 0 Å². The van der Waals surface area contributed by atoms with Gasteiger partial charge < -0.3 is 21.5 Å². The van der Waals surface area contributed by atoms with Gasteiger partial charge in [-0.2, -0.15) is 0 Å². The number of nitrogens with two attached hydrogens (primary N) is 1. The van der Waals surface area contributed by atoms with Crippen molar-refractivity contribution in [3.8, 4) is 0 Å². The highest BCUT2D eigenvalue weighted by Gasteiger charge is 2.12. The number of amides is 1. The number of para-hydroxylation sites is 1. The summed E-state index contributed by atoms with van der Waals surface area (Å²) in [5.74, 6) is -0.286. The number of nitrogens with one attached hydrogen (secondary N) is 2. The molecule has 6 nitrogen and oxygen atoms in total. The molecule has 1 aromatic heterocycles. The molecule has 0 aliphatic rings. The molecular weight excluding hydrogens is 376 g/mol. The fourth-order valence-electron chi connectivity index (χ4n) is 3.47. The average molecular weight is 400 g/mol. The van der Waals surface area contributed by atoms with E-state index in [2.05, 4.69) is 16.7 Å². The van der Waals surface area contributed by atoms with Crippen LogP contribution >= 0.6 is 0 Å². The minimum absolute atomic E-state index is 0.145. The van der Waals surface area contributed by atoms with Crippen molar-refractivity contribution in [2.75, 3.05) is 10.6 Å². The van der Waals surface area contributed by atoms with Crippen LogP contribution in [-0.4, -0.2) is 22.0 Å². The van der Waals surface area contributed by atoms with E-state index < -0.39 is 6.04 Å². The van der Waals surface area contributed by atoms with Gasteiger partial charge in [-0.1, -0.05) is 29.8 Å². The van der Waals surface area contributed by atoms with E-state index in [4.69, 9.17) is 10.7 Å². The topological polar surface area (TPSA) is 100 Å². The van der Waals surface area contributed by atoms with E-state index in [0.29, 0.717) is 11.3 Å². The van der Waals surface area contributed by atoms with E-state index in [1.54, 1.807) is 13.0 Å². The molecule has 0 bridgehead atoms. The molecule has 0 spiro atoms. The summed E-state index contributed by atoms with van der Waals surface area (Å²) in [5, 5.41) is 18.0. The number of fused-ring (bicyclic) bond motifs is 2. The highest BCUT2D eigenvalue weighted by Crippen LogP contribution is 2.34. The van der Waals surface area contributed by atoms with Crippen LogP contribution < -0.4 is 16.4 Å². The third-order valence-electron chi connectivity index (χ3n) is 4.96. The molecule has 3 aromatic carbocycles. The first-order valence-electron chi connectivity index (χ1n) is 9.82. The van der Waals surface area contributed by atoms with E-state index in [0.717, 1.165) is 38.7 Å². The lowest BCUT2D eigenvalue weighted by atomic mass is 10.0. The largest absolute Gasteiger partial charge is 0.392 e. The van der Waals surface area contributed by atoms with Gasteiger partial charge in [0, 0.05) is 22.1 Å². The SMILES string of the molecule is Cc1ccc2nc3ccccc3c(Nc3cc(CO)cc(NC(=O)[C@H](C)N)c3)c2c1. The van der Waals surface area contributed by atoms with Crippen molar-refractivity contribution in [3.05, 3.63) is 71.8 Å². The third kappa shape index (κ3) is 3.96. The summed E-state index contributed by atoms with van der Waals surface area (Å²) in [7, 11) is 0. The Kier molecular flexibility index (Phi) is 5.35. The van der Waals surface area contributed by atoms with Gasteiger partial charge in [-0.15, -0.1) is 0 Å². The molecule has 1 amide bonds. The first kappa shape index (κ1) is 19.8. The van der Waals surface area contributed by atoms with Gasteiger partial charge in [0.05, 0.1) is 29.4 Å². The lowest BCUT2D eigenvalue weighted by Gasteiger charge is -2.16. The molecule has 5 N–H and O–H groups in total. The summed E-state index contributed by atoms with van der Waals surface area (Å²) in [6, 6.07) is 18.9. The molecule has 4 rings (SSSR count). The Bertz CT molecular complexity index is 1250. The number of aromatic nitrogens is 1. The van der Waals surface area contributed by atoms with Crippen molar-refractivity contribution in [1.29, 1.82) is 0 Å². The third-order valence-corrected chi connectivity index (χ3v) is 4.96. The van der Waals surface area contributed by atoms with E-state index in [1.165, 1.54) is 0 Å². The maximum atomic E-state index is 12.0. The molecule has 0 aliphatic heterocycles. The summed E-state index contributed by atoms with van der Waals surface area (Å²) in [6.07, 6.45) is 0. The molecule has 1 heterocycles. The number of rotatable bonds is 5. The Morgan fingerprint density at radius 2 is 1.77 bits per heavy atom. The second kappa shape index (κ2) is 8.10. The molecule has 0 aliphatic carbocycles.